The molecule has 0 aliphatic heterocycles. The first kappa shape index (κ1) is 14.4. The van der Waals surface area contributed by atoms with Gasteiger partial charge in [-0.2, -0.15) is 0 Å². The average Bonchev–Trinajstić information content (AvgIpc) is 2.72. The highest BCUT2D eigenvalue weighted by Crippen LogP contribution is 2.19. The number of hydrogen-bond acceptors (Lipinski definition) is 2. The van der Waals surface area contributed by atoms with Crippen molar-refractivity contribution in [2.75, 3.05) is 13.6 Å². The van der Waals surface area contributed by atoms with Crippen LogP contribution in [0.4, 0.5) is 0 Å². The number of alkyl halides is 1. The molecular formula is C15H22ClN3. The number of aryl methyl sites for hydroxylation is 1. The molecule has 0 radical (unpaired) electrons. The van der Waals surface area contributed by atoms with Crippen molar-refractivity contribution >= 4 is 22.6 Å². The number of hydrogen-bond donors (Lipinski definition) is 0. The lowest BCUT2D eigenvalue weighted by Gasteiger charge is -2.21. The molecule has 0 unspecified atom stereocenters. The summed E-state index contributed by atoms with van der Waals surface area (Å²) in [6.45, 7) is 8.45. The summed E-state index contributed by atoms with van der Waals surface area (Å²) in [6, 6.07) is 6.91. The van der Waals surface area contributed by atoms with Crippen LogP contribution in [-0.4, -0.2) is 34.1 Å². The Kier molecular flexibility index (Phi) is 4.48. The maximum absolute atomic E-state index is 6.02. The number of rotatable bonds is 5. The maximum atomic E-state index is 6.02. The zero-order chi connectivity index (χ0) is 14.0. The molecule has 4 heteroatoms. The third-order valence-corrected chi connectivity index (χ3v) is 3.90. The molecule has 19 heavy (non-hydrogen) atoms. The summed E-state index contributed by atoms with van der Waals surface area (Å²) in [5.41, 5.74) is 3.48. The Hall–Kier alpha value is -1.06. The van der Waals surface area contributed by atoms with Gasteiger partial charge in [0.15, 0.2) is 0 Å². The van der Waals surface area contributed by atoms with Crippen LogP contribution in [0.25, 0.3) is 11.0 Å². The van der Waals surface area contributed by atoms with E-state index in [2.05, 4.69) is 60.5 Å². The fourth-order valence-corrected chi connectivity index (χ4v) is 2.35. The number of halogens is 1. The standard InChI is InChI=1S/C15H22ClN3/c1-11(2)18(4)7-8-19-14-9-12(3)5-6-13(14)17-15(19)10-16/h5-6,9,11H,7-8,10H2,1-4H3. The highest BCUT2D eigenvalue weighted by atomic mass is 35.5. The van der Waals surface area contributed by atoms with Crippen LogP contribution in [0.5, 0.6) is 0 Å². The van der Waals surface area contributed by atoms with Crippen molar-refractivity contribution < 1.29 is 0 Å². The fraction of sp³-hybridized carbons (Fsp3) is 0.533. The van der Waals surface area contributed by atoms with Crippen molar-refractivity contribution in [2.24, 2.45) is 0 Å². The minimum atomic E-state index is 0.457. The van der Waals surface area contributed by atoms with Crippen LogP contribution in [0.3, 0.4) is 0 Å². The summed E-state index contributed by atoms with van der Waals surface area (Å²) in [4.78, 5) is 6.94. The van der Waals surface area contributed by atoms with Gasteiger partial charge in [-0.25, -0.2) is 4.98 Å². The highest BCUT2D eigenvalue weighted by Gasteiger charge is 2.11. The molecule has 104 valence electrons. The second-order valence-electron chi connectivity index (χ2n) is 5.38. The zero-order valence-corrected chi connectivity index (χ0v) is 12.9. The smallest absolute Gasteiger partial charge is 0.124 e. The highest BCUT2D eigenvalue weighted by molar-refractivity contribution is 6.16. The van der Waals surface area contributed by atoms with E-state index < -0.39 is 0 Å². The van der Waals surface area contributed by atoms with E-state index >= 15 is 0 Å². The average molecular weight is 280 g/mol. The lowest BCUT2D eigenvalue weighted by molar-refractivity contribution is 0.263. The van der Waals surface area contributed by atoms with Gasteiger partial charge < -0.3 is 9.47 Å². The number of likely N-dealkylation sites (N-methyl/N-ethyl adjacent to an activating group) is 1. The molecule has 0 amide bonds. The Bertz CT molecular complexity index is 560. The SMILES string of the molecule is Cc1ccc2nc(CCl)n(CCN(C)C(C)C)c2c1. The van der Waals surface area contributed by atoms with E-state index in [1.165, 1.54) is 11.1 Å². The number of imidazole rings is 1. The summed E-state index contributed by atoms with van der Waals surface area (Å²) >= 11 is 6.02. The molecule has 0 bridgehead atoms. The van der Waals surface area contributed by atoms with Crippen molar-refractivity contribution in [3.8, 4) is 0 Å². The van der Waals surface area contributed by atoms with Crippen molar-refractivity contribution in [2.45, 2.75) is 39.2 Å². The van der Waals surface area contributed by atoms with E-state index in [-0.39, 0.29) is 0 Å². The summed E-state index contributed by atoms with van der Waals surface area (Å²) in [6.07, 6.45) is 0. The van der Waals surface area contributed by atoms with E-state index in [0.29, 0.717) is 11.9 Å². The maximum Gasteiger partial charge on any atom is 0.124 e. The van der Waals surface area contributed by atoms with Gasteiger partial charge in [-0.1, -0.05) is 6.07 Å². The molecule has 1 aromatic heterocycles. The van der Waals surface area contributed by atoms with Gasteiger partial charge in [-0.3, -0.25) is 0 Å². The second-order valence-corrected chi connectivity index (χ2v) is 5.65. The van der Waals surface area contributed by atoms with Crippen LogP contribution in [0, 0.1) is 6.92 Å². The normalized spacial score (nSPS) is 11.9. The Morgan fingerprint density at radius 1 is 1.37 bits per heavy atom. The summed E-state index contributed by atoms with van der Waals surface area (Å²) in [5, 5.41) is 0. The molecule has 1 heterocycles. The Labute approximate surface area is 120 Å². The number of fused-ring (bicyclic) bond motifs is 1. The van der Waals surface area contributed by atoms with Crippen LogP contribution in [-0.2, 0) is 12.4 Å². The molecule has 0 spiro atoms. The van der Waals surface area contributed by atoms with Gasteiger partial charge in [-0.15, -0.1) is 11.6 Å². The lowest BCUT2D eigenvalue weighted by Crippen LogP contribution is -2.30. The molecule has 0 N–H and O–H groups in total. The largest absolute Gasteiger partial charge is 0.326 e. The van der Waals surface area contributed by atoms with Crippen LogP contribution in [0.15, 0.2) is 18.2 Å². The van der Waals surface area contributed by atoms with E-state index in [9.17, 15) is 0 Å². The first-order chi connectivity index (χ1) is 9.02. The quantitative estimate of drug-likeness (QED) is 0.782. The van der Waals surface area contributed by atoms with Crippen molar-refractivity contribution in [3.63, 3.8) is 0 Å². The molecule has 3 nitrogen and oxygen atoms in total. The molecule has 0 saturated carbocycles. The molecule has 2 aromatic rings. The minimum Gasteiger partial charge on any atom is -0.326 e. The number of aromatic nitrogens is 2. The monoisotopic (exact) mass is 279 g/mol. The van der Waals surface area contributed by atoms with E-state index in [0.717, 1.165) is 24.4 Å². The molecular weight excluding hydrogens is 258 g/mol. The van der Waals surface area contributed by atoms with Gasteiger partial charge in [-0.05, 0) is 45.5 Å². The van der Waals surface area contributed by atoms with Crippen LogP contribution < -0.4 is 0 Å². The second kappa shape index (κ2) is 5.93. The zero-order valence-electron chi connectivity index (χ0n) is 12.2. The number of benzene rings is 1. The predicted molar refractivity (Wildman–Crippen MR) is 81.8 cm³/mol. The van der Waals surface area contributed by atoms with E-state index in [4.69, 9.17) is 11.6 Å². The van der Waals surface area contributed by atoms with E-state index in [1.807, 2.05) is 0 Å². The molecule has 0 fully saturated rings. The predicted octanol–water partition coefficient (Wildman–Crippen LogP) is 3.42. The third-order valence-electron chi connectivity index (χ3n) is 3.66. The molecule has 1 aromatic carbocycles. The van der Waals surface area contributed by atoms with Crippen molar-refractivity contribution in [1.29, 1.82) is 0 Å². The van der Waals surface area contributed by atoms with Crippen molar-refractivity contribution in [1.82, 2.24) is 14.5 Å². The topological polar surface area (TPSA) is 21.1 Å². The van der Waals surface area contributed by atoms with Crippen LogP contribution in [0.2, 0.25) is 0 Å². The van der Waals surface area contributed by atoms with Crippen LogP contribution in [0.1, 0.15) is 25.2 Å². The summed E-state index contributed by atoms with van der Waals surface area (Å²) < 4.78 is 2.24. The van der Waals surface area contributed by atoms with Gasteiger partial charge in [0.25, 0.3) is 0 Å². The first-order valence-electron chi connectivity index (χ1n) is 6.75. The third kappa shape index (κ3) is 3.10. The van der Waals surface area contributed by atoms with Gasteiger partial charge in [0.1, 0.15) is 5.82 Å². The Morgan fingerprint density at radius 3 is 2.74 bits per heavy atom. The Balaban J connectivity index is 2.31. The van der Waals surface area contributed by atoms with E-state index in [1.54, 1.807) is 0 Å². The lowest BCUT2D eigenvalue weighted by atomic mass is 10.2. The molecule has 0 aliphatic rings. The molecule has 0 atom stereocenters. The molecule has 0 saturated heterocycles. The summed E-state index contributed by atoms with van der Waals surface area (Å²) in [7, 11) is 2.15. The van der Waals surface area contributed by atoms with Gasteiger partial charge in [0.2, 0.25) is 0 Å². The molecule has 0 aliphatic carbocycles. The minimum absolute atomic E-state index is 0.457. The van der Waals surface area contributed by atoms with Crippen molar-refractivity contribution in [3.05, 3.63) is 29.6 Å². The Morgan fingerprint density at radius 2 is 2.11 bits per heavy atom. The first-order valence-corrected chi connectivity index (χ1v) is 7.28. The molecule has 2 rings (SSSR count). The van der Waals surface area contributed by atoms with Gasteiger partial charge in [0, 0.05) is 19.1 Å². The number of nitrogens with zero attached hydrogens (tertiary/aromatic N) is 3. The fourth-order valence-electron chi connectivity index (χ4n) is 2.15. The van der Waals surface area contributed by atoms with Crippen LogP contribution >= 0.6 is 11.6 Å². The van der Waals surface area contributed by atoms with Gasteiger partial charge >= 0.3 is 0 Å². The van der Waals surface area contributed by atoms with Gasteiger partial charge in [0.05, 0.1) is 16.9 Å². The summed E-state index contributed by atoms with van der Waals surface area (Å²) in [5.74, 6) is 1.42.